The van der Waals surface area contributed by atoms with Crippen LogP contribution in [0.1, 0.15) is 0 Å². The minimum absolute atomic E-state index is 0.00394. The van der Waals surface area contributed by atoms with E-state index in [2.05, 4.69) is 0 Å². The van der Waals surface area contributed by atoms with Crippen molar-refractivity contribution in [3.8, 4) is 0 Å². The van der Waals surface area contributed by atoms with Crippen molar-refractivity contribution in [2.45, 2.75) is 0 Å². The van der Waals surface area contributed by atoms with Crippen LogP contribution in [0.2, 0.25) is 0 Å². The van der Waals surface area contributed by atoms with E-state index in [1.54, 1.807) is 0 Å². The maximum absolute atomic E-state index is 9.87. The Morgan fingerprint density at radius 1 is 1.22 bits per heavy atom. The molecule has 0 aliphatic rings. The number of benzene rings is 1. The van der Waals surface area contributed by atoms with E-state index in [4.69, 9.17) is 0 Å². The van der Waals surface area contributed by atoms with Gasteiger partial charge in [0.2, 0.25) is 0 Å². The molecule has 0 radical (unpaired) electrons. The topological polar surface area (TPSA) is 17.1 Å². The summed E-state index contributed by atoms with van der Waals surface area (Å²) >= 11 is 0.00394. The van der Waals surface area contributed by atoms with E-state index in [0.29, 0.717) is 0 Å². The number of rotatable bonds is 1. The molecule has 0 saturated heterocycles. The third kappa shape index (κ3) is 2.03. The average molecular weight is 212 g/mol. The van der Waals surface area contributed by atoms with Crippen LogP contribution in [0.4, 0.5) is 0 Å². The molecule has 0 unspecified atom stereocenters. The van der Waals surface area contributed by atoms with Crippen molar-refractivity contribution in [3.63, 3.8) is 0 Å². The van der Waals surface area contributed by atoms with E-state index in [-0.39, 0.29) is 17.5 Å². The Morgan fingerprint density at radius 2 is 1.89 bits per heavy atom. The number of hydrogen-bond donors (Lipinski definition) is 0. The van der Waals surface area contributed by atoms with Crippen LogP contribution < -0.4 is 4.04 Å². The van der Waals surface area contributed by atoms with Crippen LogP contribution >= 0.6 is 0 Å². The van der Waals surface area contributed by atoms with Gasteiger partial charge in [-0.25, -0.2) is 0 Å². The van der Waals surface area contributed by atoms with Crippen LogP contribution in [-0.2, 0) is 22.3 Å². The first kappa shape index (κ1) is 6.58. The van der Waals surface area contributed by atoms with Crippen LogP contribution in [0.15, 0.2) is 30.3 Å². The molecule has 2 heteroatoms. The molecule has 0 aromatic heterocycles. The molecule has 0 amide bonds. The molecule has 1 aromatic carbocycles. The van der Waals surface area contributed by atoms with Gasteiger partial charge in [-0.1, -0.05) is 0 Å². The summed E-state index contributed by atoms with van der Waals surface area (Å²) in [6, 6.07) is 9.64. The van der Waals surface area contributed by atoms with Gasteiger partial charge in [0.15, 0.2) is 0 Å². The van der Waals surface area contributed by atoms with Gasteiger partial charge >= 0.3 is 61.0 Å². The van der Waals surface area contributed by atoms with Gasteiger partial charge in [-0.2, -0.15) is 0 Å². The van der Waals surface area contributed by atoms with Crippen molar-refractivity contribution in [2.24, 2.45) is 0 Å². The van der Waals surface area contributed by atoms with E-state index in [1.807, 2.05) is 34.7 Å². The molecule has 0 spiro atoms. The fourth-order valence-corrected chi connectivity index (χ4v) is 1.23. The summed E-state index contributed by atoms with van der Waals surface area (Å²) in [6.45, 7) is 0. The Hall–Kier alpha value is -0.538. The van der Waals surface area contributed by atoms with Crippen molar-refractivity contribution >= 4 is 8.39 Å². The molecule has 1 nitrogen and oxygen atoms in total. The molecule has 0 N–H and O–H groups in total. The van der Waals surface area contributed by atoms with Gasteiger partial charge in [0.1, 0.15) is 0 Å². The molecular formula is C7H5OPd. The van der Waals surface area contributed by atoms with Crippen molar-refractivity contribution in [1.82, 2.24) is 0 Å². The summed E-state index contributed by atoms with van der Waals surface area (Å²) in [5, 5.41) is 0. The summed E-state index contributed by atoms with van der Waals surface area (Å²) in [5.74, 6) is 0. The molecule has 0 aliphatic carbocycles. The van der Waals surface area contributed by atoms with Gasteiger partial charge in [0.25, 0.3) is 0 Å². The van der Waals surface area contributed by atoms with Crippen LogP contribution in [0.3, 0.4) is 0 Å². The molecule has 0 bridgehead atoms. The Bertz CT molecular complexity index is 224. The molecule has 0 aliphatic heterocycles. The Balaban J connectivity index is 2.97. The first-order valence-corrected chi connectivity index (χ1v) is 3.99. The van der Waals surface area contributed by atoms with Gasteiger partial charge in [-0.3, -0.25) is 0 Å². The zero-order chi connectivity index (χ0) is 6.53. The average Bonchev–Trinajstić information content (AvgIpc) is 1.91. The normalized spacial score (nSPS) is 8.89. The zero-order valence-electron chi connectivity index (χ0n) is 4.61. The molecule has 1 rings (SSSR count). The number of hydrogen-bond acceptors (Lipinski definition) is 1. The van der Waals surface area contributed by atoms with E-state index in [0.717, 1.165) is 4.04 Å². The monoisotopic (exact) mass is 211 g/mol. The third-order valence-corrected chi connectivity index (χ3v) is 1.96. The van der Waals surface area contributed by atoms with Crippen LogP contribution in [-0.4, -0.2) is 4.35 Å². The molecule has 9 heavy (non-hydrogen) atoms. The first-order valence-electron chi connectivity index (χ1n) is 2.43. The molecule has 0 saturated carbocycles. The molecule has 0 atom stereocenters. The molecular weight excluding hydrogens is 206 g/mol. The fourth-order valence-electron chi connectivity index (χ4n) is 0.493. The van der Waals surface area contributed by atoms with E-state index in [1.165, 1.54) is 0 Å². The van der Waals surface area contributed by atoms with Gasteiger partial charge in [-0.15, -0.1) is 0 Å². The Morgan fingerprint density at radius 3 is 2.44 bits per heavy atom. The van der Waals surface area contributed by atoms with E-state index < -0.39 is 0 Å². The van der Waals surface area contributed by atoms with Crippen LogP contribution in [0.25, 0.3) is 0 Å². The molecule has 1 aromatic rings. The minimum atomic E-state index is 0.00394. The predicted molar refractivity (Wildman–Crippen MR) is 31.8 cm³/mol. The second-order valence-electron chi connectivity index (χ2n) is 1.40. The second kappa shape index (κ2) is 3.48. The third-order valence-electron chi connectivity index (χ3n) is 0.836. The fraction of sp³-hybridized carbons (Fsp3) is 0. The van der Waals surface area contributed by atoms with Crippen molar-refractivity contribution < 1.29 is 22.3 Å². The van der Waals surface area contributed by atoms with Gasteiger partial charge < -0.3 is 0 Å². The summed E-state index contributed by atoms with van der Waals surface area (Å²) in [6.07, 6.45) is 0. The summed E-state index contributed by atoms with van der Waals surface area (Å²) in [4.78, 5) is 9.87. The quantitative estimate of drug-likeness (QED) is 0.617. The van der Waals surface area contributed by atoms with Crippen LogP contribution in [0.5, 0.6) is 0 Å². The summed E-state index contributed by atoms with van der Waals surface area (Å²) < 4.78 is 2.95. The van der Waals surface area contributed by atoms with Gasteiger partial charge in [0, 0.05) is 0 Å². The Kier molecular flexibility index (Phi) is 2.54. The van der Waals surface area contributed by atoms with Crippen molar-refractivity contribution in [1.29, 1.82) is 0 Å². The maximum atomic E-state index is 9.87. The van der Waals surface area contributed by atoms with E-state index >= 15 is 0 Å². The van der Waals surface area contributed by atoms with Crippen molar-refractivity contribution in [2.75, 3.05) is 0 Å². The predicted octanol–water partition coefficient (Wildman–Crippen LogP) is 0.462. The van der Waals surface area contributed by atoms with Crippen molar-refractivity contribution in [3.05, 3.63) is 30.3 Å². The van der Waals surface area contributed by atoms with Gasteiger partial charge in [-0.05, 0) is 0 Å². The molecule has 0 fully saturated rings. The SMILES string of the molecule is O=[C]=[Pd][c]1ccccc1. The van der Waals surface area contributed by atoms with Crippen LogP contribution in [0, 0.1) is 0 Å². The molecule has 49 valence electrons. The Labute approximate surface area is 61.4 Å². The first-order chi connectivity index (χ1) is 4.43. The summed E-state index contributed by atoms with van der Waals surface area (Å²) in [5.41, 5.74) is 0. The molecule has 0 heterocycles. The van der Waals surface area contributed by atoms with E-state index in [9.17, 15) is 4.79 Å². The summed E-state index contributed by atoms with van der Waals surface area (Å²) in [7, 11) is 0. The van der Waals surface area contributed by atoms with Gasteiger partial charge in [0.05, 0.1) is 0 Å². The second-order valence-corrected chi connectivity index (χ2v) is 3.01. The standard InChI is InChI=1S/C6H5.CO.Pd/c1-2-4-6-5-3-1;1-2;/h1-5H;;. The number of carbonyl (C=O) groups excluding carboxylic acids is 1. The zero-order valence-corrected chi connectivity index (χ0v) is 6.17.